The summed E-state index contributed by atoms with van der Waals surface area (Å²) < 4.78 is 0. The lowest BCUT2D eigenvalue weighted by Gasteiger charge is -2.23. The number of hydrogen-bond donors (Lipinski definition) is 0. The Balaban J connectivity index is 0. The van der Waals surface area contributed by atoms with Crippen molar-refractivity contribution >= 4 is 37.2 Å². The molecule has 0 nitrogen and oxygen atoms in total. The first kappa shape index (κ1) is 37.3. The average Bonchev–Trinajstić information content (AvgIpc) is 2.97. The van der Waals surface area contributed by atoms with Crippen LogP contribution in [0.1, 0.15) is 122 Å². The molecule has 0 N–H and O–H groups in total. The zero-order chi connectivity index (χ0) is 27.6. The summed E-state index contributed by atoms with van der Waals surface area (Å²) in [5.74, 6) is 1.85. The predicted molar refractivity (Wildman–Crippen MR) is 184 cm³/mol. The van der Waals surface area contributed by atoms with Gasteiger partial charge in [0.2, 0.25) is 0 Å². The predicted octanol–water partition coefficient (Wildman–Crippen LogP) is 13.2. The van der Waals surface area contributed by atoms with Gasteiger partial charge in [-0.05, 0) is 53.7 Å². The molecule has 0 radical (unpaired) electrons. The Kier molecular flexibility index (Phi) is 28.1. The van der Waals surface area contributed by atoms with Crippen molar-refractivity contribution in [2.45, 2.75) is 105 Å². The standard InChI is InChI=1S/C27H32.C3H8.2C2H6.I2/c1-22(24-14-6-3-7-15-24)13-12-20-27(26-18-10-5-11-19-26)21-23(2)25-16-8-4-9-17-25;1-3-2;3*1-2/h3-11,14-19,22-23,27H,12-13,20-21H2,1-2H3;3H2,1-2H3;2*1-2H3;. The van der Waals surface area contributed by atoms with E-state index >= 15 is 0 Å². The second kappa shape index (κ2) is 27.2. The first-order valence-corrected chi connectivity index (χ1v) is 20.2. The zero-order valence-corrected chi connectivity index (χ0v) is 28.5. The van der Waals surface area contributed by atoms with Gasteiger partial charge in [0.15, 0.2) is 0 Å². The van der Waals surface area contributed by atoms with Crippen LogP contribution in [-0.2, 0) is 0 Å². The lowest BCUT2D eigenvalue weighted by atomic mass is 9.82. The summed E-state index contributed by atoms with van der Waals surface area (Å²) in [7, 11) is 0. The molecule has 3 atom stereocenters. The highest BCUT2D eigenvalue weighted by atomic mass is 128. The van der Waals surface area contributed by atoms with Gasteiger partial charge in [0, 0.05) is 37.2 Å². The fraction of sp³-hybridized carbons (Fsp3) is 0.471. The molecule has 3 rings (SSSR count). The van der Waals surface area contributed by atoms with Crippen LogP contribution in [0.3, 0.4) is 0 Å². The van der Waals surface area contributed by atoms with E-state index in [9.17, 15) is 0 Å². The van der Waals surface area contributed by atoms with E-state index in [1.165, 1.54) is 48.8 Å². The molecule has 3 unspecified atom stereocenters. The van der Waals surface area contributed by atoms with Gasteiger partial charge in [-0.2, -0.15) is 0 Å². The van der Waals surface area contributed by atoms with Gasteiger partial charge in [0.05, 0.1) is 0 Å². The summed E-state index contributed by atoms with van der Waals surface area (Å²) >= 11 is 4.24. The van der Waals surface area contributed by atoms with Crippen molar-refractivity contribution < 1.29 is 0 Å². The van der Waals surface area contributed by atoms with Crippen molar-refractivity contribution in [1.82, 2.24) is 0 Å². The van der Waals surface area contributed by atoms with Crippen molar-refractivity contribution in [3.63, 3.8) is 0 Å². The maximum Gasteiger partial charge on any atom is 0 e. The smallest absolute Gasteiger partial charge is 0 e. The Bertz CT molecular complexity index is 787. The van der Waals surface area contributed by atoms with Crippen molar-refractivity contribution in [1.29, 1.82) is 0 Å². The van der Waals surface area contributed by atoms with Gasteiger partial charge in [-0.1, -0.05) is 159 Å². The van der Waals surface area contributed by atoms with Gasteiger partial charge >= 0.3 is 0 Å². The van der Waals surface area contributed by atoms with E-state index in [0.29, 0.717) is 17.8 Å². The lowest BCUT2D eigenvalue weighted by molar-refractivity contribution is 0.486. The third kappa shape index (κ3) is 16.8. The average molecular weight is 715 g/mol. The van der Waals surface area contributed by atoms with Crippen LogP contribution in [0.15, 0.2) is 91.0 Å². The SMILES string of the molecule is CC.CC.CC(CCCC(CC(C)c1ccccc1)c1ccccc1)c1ccccc1.CCC.II. The highest BCUT2D eigenvalue weighted by molar-refractivity contribution is 15.0. The van der Waals surface area contributed by atoms with E-state index in [0.717, 1.165) is 0 Å². The molecule has 0 bridgehead atoms. The summed E-state index contributed by atoms with van der Waals surface area (Å²) in [6, 6.07) is 33.0. The molecule has 3 aromatic carbocycles. The largest absolute Gasteiger partial charge is 0.0683 e. The highest BCUT2D eigenvalue weighted by Gasteiger charge is 2.17. The van der Waals surface area contributed by atoms with Gasteiger partial charge in [-0.25, -0.2) is 0 Å². The molecule has 0 saturated carbocycles. The molecule has 202 valence electrons. The third-order valence-corrected chi connectivity index (χ3v) is 5.84. The van der Waals surface area contributed by atoms with Crippen LogP contribution in [-0.4, -0.2) is 0 Å². The van der Waals surface area contributed by atoms with E-state index in [1.54, 1.807) is 0 Å². The Morgan fingerprint density at radius 2 is 0.861 bits per heavy atom. The Morgan fingerprint density at radius 3 is 1.25 bits per heavy atom. The maximum absolute atomic E-state index is 2.37. The molecular formula is C34H52I2. The number of rotatable bonds is 9. The first-order chi connectivity index (χ1) is 17.7. The van der Waals surface area contributed by atoms with Gasteiger partial charge in [-0.15, -0.1) is 0 Å². The molecule has 0 fully saturated rings. The van der Waals surface area contributed by atoms with Crippen LogP contribution in [0.25, 0.3) is 0 Å². The molecular weight excluding hydrogens is 662 g/mol. The van der Waals surface area contributed by atoms with E-state index in [-0.39, 0.29) is 0 Å². The number of hydrogen-bond acceptors (Lipinski definition) is 0. The van der Waals surface area contributed by atoms with E-state index in [2.05, 4.69) is 156 Å². The van der Waals surface area contributed by atoms with Crippen molar-refractivity contribution in [2.24, 2.45) is 0 Å². The van der Waals surface area contributed by atoms with E-state index < -0.39 is 0 Å². The second-order valence-electron chi connectivity index (χ2n) is 8.60. The van der Waals surface area contributed by atoms with Gasteiger partial charge in [0.1, 0.15) is 0 Å². The minimum absolute atomic E-state index is 0.586. The molecule has 0 aromatic heterocycles. The summed E-state index contributed by atoms with van der Waals surface area (Å²) in [5.41, 5.74) is 4.41. The topological polar surface area (TPSA) is 0 Å². The van der Waals surface area contributed by atoms with Crippen LogP contribution < -0.4 is 0 Å². The van der Waals surface area contributed by atoms with Crippen molar-refractivity contribution in [2.75, 3.05) is 0 Å². The number of benzene rings is 3. The van der Waals surface area contributed by atoms with Crippen LogP contribution in [0, 0.1) is 0 Å². The van der Waals surface area contributed by atoms with Gasteiger partial charge < -0.3 is 0 Å². The van der Waals surface area contributed by atoms with Gasteiger partial charge in [-0.3, -0.25) is 0 Å². The molecule has 3 aromatic rings. The van der Waals surface area contributed by atoms with Crippen LogP contribution in [0.5, 0.6) is 0 Å². The van der Waals surface area contributed by atoms with E-state index in [4.69, 9.17) is 0 Å². The number of halogens is 2. The molecule has 0 spiro atoms. The Hall–Kier alpha value is -0.880. The highest BCUT2D eigenvalue weighted by Crippen LogP contribution is 2.34. The molecule has 0 aliphatic carbocycles. The second-order valence-corrected chi connectivity index (χ2v) is 8.60. The summed E-state index contributed by atoms with van der Waals surface area (Å²) in [6.07, 6.45) is 6.26. The normalized spacial score (nSPS) is 11.8. The fourth-order valence-electron chi connectivity index (χ4n) is 4.11. The molecule has 0 aliphatic heterocycles. The van der Waals surface area contributed by atoms with Crippen LogP contribution in [0.4, 0.5) is 0 Å². The van der Waals surface area contributed by atoms with Gasteiger partial charge in [0.25, 0.3) is 0 Å². The summed E-state index contributed by atoms with van der Waals surface area (Å²) in [6.45, 7) is 17.0. The molecule has 2 heteroatoms. The molecule has 36 heavy (non-hydrogen) atoms. The zero-order valence-electron chi connectivity index (χ0n) is 24.2. The third-order valence-electron chi connectivity index (χ3n) is 5.84. The van der Waals surface area contributed by atoms with Crippen molar-refractivity contribution in [3.8, 4) is 0 Å². The lowest BCUT2D eigenvalue weighted by Crippen LogP contribution is -2.06. The fourth-order valence-corrected chi connectivity index (χ4v) is 4.11. The quantitative estimate of drug-likeness (QED) is 0.194. The summed E-state index contributed by atoms with van der Waals surface area (Å²) in [4.78, 5) is 0. The maximum atomic E-state index is 2.37. The minimum Gasteiger partial charge on any atom is -0.0683 e. The molecule has 0 saturated heterocycles. The van der Waals surface area contributed by atoms with Crippen LogP contribution in [0.2, 0.25) is 0 Å². The van der Waals surface area contributed by atoms with Crippen LogP contribution >= 0.6 is 37.2 Å². The Labute approximate surface area is 248 Å². The Morgan fingerprint density at radius 1 is 0.528 bits per heavy atom. The van der Waals surface area contributed by atoms with E-state index in [1.807, 2.05) is 27.7 Å². The minimum atomic E-state index is 0.586. The molecule has 0 amide bonds. The first-order valence-electron chi connectivity index (χ1n) is 13.9. The summed E-state index contributed by atoms with van der Waals surface area (Å²) in [5, 5.41) is 0. The van der Waals surface area contributed by atoms with Crippen molar-refractivity contribution in [3.05, 3.63) is 108 Å². The monoisotopic (exact) mass is 714 g/mol. The molecule has 0 heterocycles. The molecule has 0 aliphatic rings.